The van der Waals surface area contributed by atoms with Gasteiger partial charge in [-0.3, -0.25) is 4.98 Å². The molecule has 1 atom stereocenters. The van der Waals surface area contributed by atoms with E-state index >= 15 is 0 Å². The number of nitrogens with zero attached hydrogens (tertiary/aromatic N) is 1. The number of nitrogens with one attached hydrogen (secondary N) is 4. The molecule has 28 heavy (non-hydrogen) atoms. The van der Waals surface area contributed by atoms with Crippen LogP contribution in [0.25, 0.3) is 0 Å². The lowest BCUT2D eigenvalue weighted by Crippen LogP contribution is -2.46. The maximum absolute atomic E-state index is 5.68. The van der Waals surface area contributed by atoms with E-state index in [-0.39, 0.29) is 0 Å². The van der Waals surface area contributed by atoms with Gasteiger partial charge >= 0.3 is 0 Å². The SMILES string of the molecule is CCOCCOCCOc1ccc(C[C@H]2CNCCNCCNCCN2)nc1. The number of hydrogen-bond donors (Lipinski definition) is 4. The third kappa shape index (κ3) is 10.9. The van der Waals surface area contributed by atoms with Gasteiger partial charge in [0.2, 0.25) is 0 Å². The van der Waals surface area contributed by atoms with E-state index < -0.39 is 0 Å². The summed E-state index contributed by atoms with van der Waals surface area (Å²) in [7, 11) is 0. The summed E-state index contributed by atoms with van der Waals surface area (Å²) in [6.07, 6.45) is 2.69. The second-order valence-corrected chi connectivity index (χ2v) is 6.70. The molecule has 0 bridgehead atoms. The summed E-state index contributed by atoms with van der Waals surface area (Å²) in [6.45, 7) is 11.8. The van der Waals surface area contributed by atoms with Crippen molar-refractivity contribution < 1.29 is 14.2 Å². The van der Waals surface area contributed by atoms with Crippen LogP contribution in [0.3, 0.4) is 0 Å². The molecule has 1 aromatic rings. The second kappa shape index (κ2) is 15.6. The summed E-state index contributed by atoms with van der Waals surface area (Å²) in [5, 5.41) is 14.0. The molecule has 4 N–H and O–H groups in total. The highest BCUT2D eigenvalue weighted by Crippen LogP contribution is 2.10. The fourth-order valence-corrected chi connectivity index (χ4v) is 2.91. The molecule has 1 aliphatic heterocycles. The van der Waals surface area contributed by atoms with E-state index in [0.717, 1.165) is 70.3 Å². The second-order valence-electron chi connectivity index (χ2n) is 6.70. The van der Waals surface area contributed by atoms with Crippen LogP contribution in [0, 0.1) is 0 Å². The van der Waals surface area contributed by atoms with E-state index in [1.165, 1.54) is 0 Å². The summed E-state index contributed by atoms with van der Waals surface area (Å²) in [5.74, 6) is 0.775. The van der Waals surface area contributed by atoms with Crippen molar-refractivity contribution >= 4 is 0 Å². The normalized spacial score (nSPS) is 19.5. The molecular formula is C20H37N5O3. The van der Waals surface area contributed by atoms with Gasteiger partial charge in [0.15, 0.2) is 0 Å². The van der Waals surface area contributed by atoms with Gasteiger partial charge in [-0.15, -0.1) is 0 Å². The molecule has 0 radical (unpaired) electrons. The molecule has 0 aliphatic carbocycles. The van der Waals surface area contributed by atoms with Gasteiger partial charge in [0.25, 0.3) is 0 Å². The van der Waals surface area contributed by atoms with Crippen LogP contribution >= 0.6 is 0 Å². The fourth-order valence-electron chi connectivity index (χ4n) is 2.91. The van der Waals surface area contributed by atoms with Crippen molar-refractivity contribution in [1.29, 1.82) is 0 Å². The lowest BCUT2D eigenvalue weighted by atomic mass is 10.1. The monoisotopic (exact) mass is 395 g/mol. The average Bonchev–Trinajstić information content (AvgIpc) is 2.70. The molecule has 0 amide bonds. The van der Waals surface area contributed by atoms with E-state index in [1.807, 2.05) is 19.1 Å². The zero-order valence-electron chi connectivity index (χ0n) is 17.2. The van der Waals surface area contributed by atoms with Crippen molar-refractivity contribution in [3.05, 3.63) is 24.0 Å². The number of hydrogen-bond acceptors (Lipinski definition) is 8. The van der Waals surface area contributed by atoms with E-state index in [9.17, 15) is 0 Å². The van der Waals surface area contributed by atoms with Gasteiger partial charge in [-0.25, -0.2) is 0 Å². The zero-order valence-corrected chi connectivity index (χ0v) is 17.2. The first-order chi connectivity index (χ1) is 13.9. The molecule has 0 unspecified atom stereocenters. The van der Waals surface area contributed by atoms with Crippen molar-refractivity contribution in [3.63, 3.8) is 0 Å². The first kappa shape index (κ1) is 23.0. The fraction of sp³-hybridized carbons (Fsp3) is 0.750. The van der Waals surface area contributed by atoms with Crippen LogP contribution in [0.15, 0.2) is 18.3 Å². The van der Waals surface area contributed by atoms with E-state index in [2.05, 4.69) is 26.3 Å². The van der Waals surface area contributed by atoms with Crippen molar-refractivity contribution in [2.45, 2.75) is 19.4 Å². The van der Waals surface area contributed by atoms with Gasteiger partial charge in [-0.05, 0) is 19.1 Å². The first-order valence-electron chi connectivity index (χ1n) is 10.5. The van der Waals surface area contributed by atoms with Gasteiger partial charge in [-0.2, -0.15) is 0 Å². The third-order valence-electron chi connectivity index (χ3n) is 4.41. The van der Waals surface area contributed by atoms with Gasteiger partial charge in [-0.1, -0.05) is 0 Å². The van der Waals surface area contributed by atoms with Crippen LogP contribution in [0.4, 0.5) is 0 Å². The molecule has 8 nitrogen and oxygen atoms in total. The Morgan fingerprint density at radius 1 is 0.893 bits per heavy atom. The Hall–Kier alpha value is -1.29. The lowest BCUT2D eigenvalue weighted by molar-refractivity contribution is 0.0404. The Kier molecular flexibility index (Phi) is 12.8. The number of aromatic nitrogens is 1. The standard InChI is InChI=1S/C20H37N5O3/c1-2-26-11-12-27-13-14-28-20-4-3-18(25-17-20)15-19-16-23-8-7-21-5-6-22-9-10-24-19/h3-4,17,19,21-24H,2,5-16H2,1H3/t19-/m0/s1. The molecule has 2 rings (SSSR count). The first-order valence-corrected chi connectivity index (χ1v) is 10.5. The number of ether oxygens (including phenoxy) is 3. The van der Waals surface area contributed by atoms with Crippen molar-refractivity contribution in [3.8, 4) is 5.75 Å². The zero-order chi connectivity index (χ0) is 19.7. The van der Waals surface area contributed by atoms with Crippen molar-refractivity contribution in [1.82, 2.24) is 26.3 Å². The van der Waals surface area contributed by atoms with Crippen LogP contribution in [0.2, 0.25) is 0 Å². The molecule has 1 fully saturated rings. The van der Waals surface area contributed by atoms with Crippen LogP contribution in [0.5, 0.6) is 5.75 Å². The largest absolute Gasteiger partial charge is 0.490 e. The Labute approximate surface area is 169 Å². The molecule has 160 valence electrons. The van der Waals surface area contributed by atoms with E-state index in [4.69, 9.17) is 14.2 Å². The third-order valence-corrected chi connectivity index (χ3v) is 4.41. The summed E-state index contributed by atoms with van der Waals surface area (Å²) in [4.78, 5) is 4.56. The molecular weight excluding hydrogens is 358 g/mol. The quantitative estimate of drug-likeness (QED) is 0.405. The molecule has 1 saturated heterocycles. The highest BCUT2D eigenvalue weighted by molar-refractivity contribution is 5.20. The minimum atomic E-state index is 0.360. The molecule has 1 aromatic heterocycles. The summed E-state index contributed by atoms with van der Waals surface area (Å²) in [5.41, 5.74) is 1.07. The van der Waals surface area contributed by atoms with Crippen LogP contribution in [-0.2, 0) is 15.9 Å². The smallest absolute Gasteiger partial charge is 0.137 e. The topological polar surface area (TPSA) is 88.7 Å². The molecule has 8 heteroatoms. The van der Waals surface area contributed by atoms with E-state index in [0.29, 0.717) is 32.5 Å². The lowest BCUT2D eigenvalue weighted by Gasteiger charge is -2.20. The van der Waals surface area contributed by atoms with Crippen LogP contribution in [0.1, 0.15) is 12.6 Å². The average molecular weight is 396 g/mol. The Balaban J connectivity index is 1.67. The van der Waals surface area contributed by atoms with Gasteiger partial charge in [0, 0.05) is 70.6 Å². The maximum Gasteiger partial charge on any atom is 0.137 e. The van der Waals surface area contributed by atoms with Crippen molar-refractivity contribution in [2.24, 2.45) is 0 Å². The molecule has 2 heterocycles. The van der Waals surface area contributed by atoms with Gasteiger partial charge < -0.3 is 35.5 Å². The van der Waals surface area contributed by atoms with Gasteiger partial charge in [0.05, 0.1) is 26.0 Å². The molecule has 0 aromatic carbocycles. The number of rotatable bonds is 10. The Morgan fingerprint density at radius 3 is 2.36 bits per heavy atom. The Morgan fingerprint density at radius 2 is 1.61 bits per heavy atom. The molecule has 1 aliphatic rings. The highest BCUT2D eigenvalue weighted by atomic mass is 16.5. The summed E-state index contributed by atoms with van der Waals surface area (Å²) in [6, 6.07) is 4.39. The molecule has 0 saturated carbocycles. The summed E-state index contributed by atoms with van der Waals surface area (Å²) >= 11 is 0. The highest BCUT2D eigenvalue weighted by Gasteiger charge is 2.10. The minimum Gasteiger partial charge on any atom is -0.490 e. The number of pyridine rings is 1. The van der Waals surface area contributed by atoms with Gasteiger partial charge in [0.1, 0.15) is 12.4 Å². The van der Waals surface area contributed by atoms with Crippen LogP contribution in [-0.4, -0.2) is 89.9 Å². The minimum absolute atomic E-state index is 0.360. The van der Waals surface area contributed by atoms with Crippen molar-refractivity contribution in [2.75, 3.05) is 78.8 Å². The Bertz CT molecular complexity index is 477. The van der Waals surface area contributed by atoms with E-state index in [1.54, 1.807) is 6.20 Å². The predicted molar refractivity (Wildman–Crippen MR) is 111 cm³/mol. The maximum atomic E-state index is 5.68. The predicted octanol–water partition coefficient (Wildman–Crippen LogP) is -0.203. The van der Waals surface area contributed by atoms with Crippen LogP contribution < -0.4 is 26.0 Å². The molecule has 0 spiro atoms. The summed E-state index contributed by atoms with van der Waals surface area (Å²) < 4.78 is 16.3.